The molecule has 1 aromatic carbocycles. The van der Waals surface area contributed by atoms with Gasteiger partial charge < -0.3 is 25.6 Å². The zero-order chi connectivity index (χ0) is 25.4. The number of carbonyl (C=O) groups is 3. The van der Waals surface area contributed by atoms with Crippen LogP contribution in [0.15, 0.2) is 47.5 Å². The van der Waals surface area contributed by atoms with Crippen LogP contribution >= 0.6 is 11.8 Å². The van der Waals surface area contributed by atoms with Crippen LogP contribution in [0.25, 0.3) is 0 Å². The van der Waals surface area contributed by atoms with E-state index in [1.165, 1.54) is 17.8 Å². The number of ether oxygens (including phenoxy) is 1. The van der Waals surface area contributed by atoms with Crippen molar-refractivity contribution < 1.29 is 19.1 Å². The Morgan fingerprint density at radius 3 is 2.92 bits per heavy atom. The van der Waals surface area contributed by atoms with Crippen molar-refractivity contribution in [2.45, 2.75) is 56.7 Å². The highest BCUT2D eigenvalue weighted by molar-refractivity contribution is 8.04. The molecule has 0 saturated carbocycles. The van der Waals surface area contributed by atoms with Crippen molar-refractivity contribution in [1.82, 2.24) is 20.9 Å². The molecule has 0 spiro atoms. The van der Waals surface area contributed by atoms with Gasteiger partial charge in [0.2, 0.25) is 5.91 Å². The average Bonchev–Trinajstić information content (AvgIpc) is 3.23. The minimum atomic E-state index is -0.234. The second kappa shape index (κ2) is 10.2. The summed E-state index contributed by atoms with van der Waals surface area (Å²) in [5, 5.41) is 9.69. The lowest BCUT2D eigenvalue weighted by atomic mass is 9.86. The van der Waals surface area contributed by atoms with Crippen LogP contribution in [0, 0.1) is 5.92 Å². The van der Waals surface area contributed by atoms with Gasteiger partial charge in [-0.15, -0.1) is 0 Å². The van der Waals surface area contributed by atoms with Crippen LogP contribution < -0.4 is 25.6 Å². The van der Waals surface area contributed by atoms with Crippen molar-refractivity contribution >= 4 is 35.3 Å². The molecular weight excluding hydrogens is 478 g/mol. The number of carbonyl (C=O) groups excluding carboxylic acids is 3. The molecule has 36 heavy (non-hydrogen) atoms. The normalized spacial score (nSPS) is 27.5. The number of anilines is 1. The topological polar surface area (TPSA) is 103 Å². The lowest BCUT2D eigenvalue weighted by molar-refractivity contribution is -0.128. The summed E-state index contributed by atoms with van der Waals surface area (Å²) in [6, 6.07) is 7.19. The Morgan fingerprint density at radius 2 is 2.14 bits per heavy atom. The van der Waals surface area contributed by atoms with E-state index in [2.05, 4.69) is 22.5 Å². The van der Waals surface area contributed by atoms with Crippen LogP contribution in [0.2, 0.25) is 0 Å². The molecule has 9 nitrogen and oxygen atoms in total. The number of likely N-dealkylation sites (tertiary alicyclic amines) is 1. The summed E-state index contributed by atoms with van der Waals surface area (Å²) in [6.45, 7) is 9.40. The van der Waals surface area contributed by atoms with E-state index in [1.54, 1.807) is 4.90 Å². The Kier molecular flexibility index (Phi) is 6.98. The van der Waals surface area contributed by atoms with Gasteiger partial charge in [-0.05, 0) is 57.9 Å². The molecule has 1 aromatic rings. The summed E-state index contributed by atoms with van der Waals surface area (Å²) < 4.78 is 5.85. The van der Waals surface area contributed by atoms with E-state index in [0.29, 0.717) is 23.7 Å². The predicted octanol–water partition coefficient (Wildman–Crippen LogP) is 2.56. The maximum absolute atomic E-state index is 13.4. The third-order valence-electron chi connectivity index (χ3n) is 7.06. The number of amides is 4. The van der Waals surface area contributed by atoms with Crippen LogP contribution in [0.1, 0.15) is 33.1 Å². The molecule has 3 unspecified atom stereocenters. The van der Waals surface area contributed by atoms with Gasteiger partial charge in [-0.3, -0.25) is 14.5 Å². The third-order valence-corrected chi connectivity index (χ3v) is 8.41. The summed E-state index contributed by atoms with van der Waals surface area (Å²) in [5.74, 6) is 0.386. The molecule has 0 aromatic heterocycles. The molecule has 3 saturated heterocycles. The number of benzene rings is 1. The van der Waals surface area contributed by atoms with Crippen LogP contribution in [0.3, 0.4) is 0 Å². The number of hydrogen-bond acceptors (Lipinski definition) is 6. The highest BCUT2D eigenvalue weighted by atomic mass is 32.2. The highest BCUT2D eigenvalue weighted by Gasteiger charge is 2.51. The molecule has 4 heterocycles. The van der Waals surface area contributed by atoms with Crippen LogP contribution in [-0.4, -0.2) is 65.9 Å². The van der Waals surface area contributed by atoms with Crippen molar-refractivity contribution in [2.24, 2.45) is 5.92 Å². The first-order chi connectivity index (χ1) is 17.4. The number of thioether (sulfide) groups is 1. The smallest absolute Gasteiger partial charge is 0.326 e. The fourth-order valence-corrected chi connectivity index (χ4v) is 6.98. The standard InChI is InChI=1S/C26H33N5O4S/c1-4-20(32)30-12-6-7-16(14-30)28-24(33)23-22-21-19(10-11-27-25(21)36-23)31(26(34)29-22)17-8-5-9-18(13-17)35-15(2)3/h4-5,8-9,13,15-16,19,21,25,27H,1,6-7,10-12,14H2,2-3H3,(H,28,33)(H,29,34)/t16-,19?,21?,25?/m1/s1. The molecule has 4 aliphatic rings. The lowest BCUT2D eigenvalue weighted by Crippen LogP contribution is -2.62. The van der Waals surface area contributed by atoms with E-state index >= 15 is 0 Å². The monoisotopic (exact) mass is 511 g/mol. The molecule has 4 atom stereocenters. The van der Waals surface area contributed by atoms with Crippen molar-refractivity contribution in [2.75, 3.05) is 24.5 Å². The third kappa shape index (κ3) is 4.71. The van der Waals surface area contributed by atoms with Crippen molar-refractivity contribution in [3.8, 4) is 5.75 Å². The Labute approximate surface area is 215 Å². The maximum atomic E-state index is 13.4. The minimum absolute atomic E-state index is 0.00268. The first-order valence-electron chi connectivity index (χ1n) is 12.6. The zero-order valence-electron chi connectivity index (χ0n) is 20.7. The second-order valence-electron chi connectivity index (χ2n) is 9.88. The first kappa shape index (κ1) is 24.7. The molecule has 192 valence electrons. The molecule has 4 aliphatic heterocycles. The predicted molar refractivity (Wildman–Crippen MR) is 139 cm³/mol. The Hall–Kier alpha value is -2.98. The van der Waals surface area contributed by atoms with Gasteiger partial charge in [-0.1, -0.05) is 24.4 Å². The summed E-state index contributed by atoms with van der Waals surface area (Å²) >= 11 is 1.48. The van der Waals surface area contributed by atoms with E-state index in [0.717, 1.165) is 37.2 Å². The summed E-state index contributed by atoms with van der Waals surface area (Å²) in [5.41, 5.74) is 1.48. The molecule has 0 aliphatic carbocycles. The Bertz CT molecular complexity index is 1110. The number of urea groups is 1. The van der Waals surface area contributed by atoms with Crippen molar-refractivity contribution in [3.63, 3.8) is 0 Å². The lowest BCUT2D eigenvalue weighted by Gasteiger charge is -2.45. The minimum Gasteiger partial charge on any atom is -0.491 e. The van der Waals surface area contributed by atoms with Crippen LogP contribution in [0.4, 0.5) is 10.5 Å². The van der Waals surface area contributed by atoms with Gasteiger partial charge in [0.15, 0.2) is 0 Å². The molecule has 3 fully saturated rings. The van der Waals surface area contributed by atoms with E-state index in [4.69, 9.17) is 4.74 Å². The van der Waals surface area contributed by atoms with E-state index in [9.17, 15) is 14.4 Å². The maximum Gasteiger partial charge on any atom is 0.326 e. The number of hydrogen-bond donors (Lipinski definition) is 3. The van der Waals surface area contributed by atoms with E-state index in [-0.39, 0.29) is 47.3 Å². The molecule has 4 amide bonds. The van der Waals surface area contributed by atoms with Crippen LogP contribution in [-0.2, 0) is 9.59 Å². The quantitative estimate of drug-likeness (QED) is 0.508. The number of piperidine rings is 2. The zero-order valence-corrected chi connectivity index (χ0v) is 21.5. The van der Waals surface area contributed by atoms with Gasteiger partial charge in [0.05, 0.1) is 22.4 Å². The van der Waals surface area contributed by atoms with Gasteiger partial charge in [0.25, 0.3) is 5.91 Å². The molecule has 0 radical (unpaired) electrons. The van der Waals surface area contributed by atoms with E-state index in [1.807, 2.05) is 43.0 Å². The number of nitrogens with zero attached hydrogens (tertiary/aromatic N) is 2. The average molecular weight is 512 g/mol. The molecule has 5 rings (SSSR count). The van der Waals surface area contributed by atoms with Gasteiger partial charge in [-0.2, -0.15) is 0 Å². The SMILES string of the molecule is C=CC(=O)N1CCC[C@@H](NC(=O)C2=C3NC(=O)N(c4cccc(OC(C)C)c4)C4CCNC(S2)C34)C1. The fraction of sp³-hybridized carbons (Fsp3) is 0.500. The van der Waals surface area contributed by atoms with Gasteiger partial charge >= 0.3 is 6.03 Å². The summed E-state index contributed by atoms with van der Waals surface area (Å²) in [6.07, 6.45) is 3.76. The highest BCUT2D eigenvalue weighted by Crippen LogP contribution is 2.48. The van der Waals surface area contributed by atoms with Gasteiger partial charge in [0, 0.05) is 42.5 Å². The molecule has 0 bridgehead atoms. The Balaban J connectivity index is 1.37. The summed E-state index contributed by atoms with van der Waals surface area (Å²) in [4.78, 5) is 42.9. The first-order valence-corrected chi connectivity index (χ1v) is 13.5. The van der Waals surface area contributed by atoms with Gasteiger partial charge in [0.1, 0.15) is 5.75 Å². The molecule has 10 heteroatoms. The number of rotatable bonds is 6. The van der Waals surface area contributed by atoms with Crippen LogP contribution in [0.5, 0.6) is 5.75 Å². The summed E-state index contributed by atoms with van der Waals surface area (Å²) in [7, 11) is 0. The van der Waals surface area contributed by atoms with E-state index < -0.39 is 0 Å². The molecular formula is C26H33N5O4S. The Morgan fingerprint density at radius 1 is 1.31 bits per heavy atom. The number of nitrogens with one attached hydrogen (secondary N) is 3. The second-order valence-corrected chi connectivity index (χ2v) is 11.0. The largest absolute Gasteiger partial charge is 0.491 e. The van der Waals surface area contributed by atoms with Crippen molar-refractivity contribution in [3.05, 3.63) is 47.5 Å². The van der Waals surface area contributed by atoms with Crippen molar-refractivity contribution in [1.29, 1.82) is 0 Å². The van der Waals surface area contributed by atoms with Gasteiger partial charge in [-0.25, -0.2) is 4.79 Å². The fourth-order valence-electron chi connectivity index (χ4n) is 5.58. The molecule has 3 N–H and O–H groups in total.